The van der Waals surface area contributed by atoms with E-state index in [0.717, 1.165) is 0 Å². The molecule has 10 rings (SSSR count). The number of epoxide rings is 1. The number of rotatable bonds is 5. The number of hydrogen-bond acceptors (Lipinski definition) is 13. The molecule has 9 aliphatic rings. The lowest BCUT2D eigenvalue weighted by Crippen LogP contribution is -2.89. The molecule has 19 atom stereocenters. The van der Waals surface area contributed by atoms with Crippen LogP contribution in [0.2, 0.25) is 0 Å². The van der Waals surface area contributed by atoms with Gasteiger partial charge in [-0.05, 0) is 62.4 Å². The van der Waals surface area contributed by atoms with Crippen molar-refractivity contribution in [3.63, 3.8) is 0 Å². The standard InChI is InChI=1S/C44H58O13/c1-22(2)18-32(47)52-29-14-10-11-15-31(46)53-34-23(3)19-30-41(34,50)38(48)40(21-45)36(54-40)33-37-43(51,39(6,49)20-26-16-17-28(29)24(26)4)35-25(5)42(30,33)57-44(55-35,56-37)27-12-8-7-9-13-27/h7-15,22-26,28-30,33-38,45,48-51H,16-21H2,1-6H3/b14-10-,15-11+/t23-,24-,25+,26+,28-,29+,30+,33-,34-,35-,36-,37+,38+,39+,40-,41-,42-,43-,44-/m0/s1. The first-order chi connectivity index (χ1) is 26.9. The highest BCUT2D eigenvalue weighted by Crippen LogP contribution is 2.75. The van der Waals surface area contributed by atoms with Gasteiger partial charge in [0.15, 0.2) is 0 Å². The fourth-order valence-corrected chi connectivity index (χ4v) is 13.0. The molecule has 0 unspecified atom stereocenters. The van der Waals surface area contributed by atoms with E-state index >= 15 is 0 Å². The van der Waals surface area contributed by atoms with Crippen LogP contribution in [0.4, 0.5) is 0 Å². The van der Waals surface area contributed by atoms with Crippen LogP contribution in [0.5, 0.6) is 0 Å². The second-order valence-electron chi connectivity index (χ2n) is 19.3. The van der Waals surface area contributed by atoms with Crippen molar-refractivity contribution in [1.82, 2.24) is 0 Å². The zero-order valence-electron chi connectivity index (χ0n) is 33.5. The molecular weight excluding hydrogens is 736 g/mol. The summed E-state index contributed by atoms with van der Waals surface area (Å²) in [5.74, 6) is -6.33. The average Bonchev–Trinajstić information content (AvgIpc) is 3.72. The molecule has 1 aromatic rings. The Hall–Kier alpha value is -2.72. The highest BCUT2D eigenvalue weighted by molar-refractivity contribution is 5.82. The Morgan fingerprint density at radius 3 is 2.39 bits per heavy atom. The van der Waals surface area contributed by atoms with Gasteiger partial charge < -0.3 is 54.0 Å². The van der Waals surface area contributed by atoms with Gasteiger partial charge in [-0.15, -0.1) is 0 Å². The molecule has 4 saturated carbocycles. The summed E-state index contributed by atoms with van der Waals surface area (Å²) in [6, 6.07) is 9.04. The minimum absolute atomic E-state index is 0.0620. The molecule has 0 radical (unpaired) electrons. The zero-order valence-corrected chi connectivity index (χ0v) is 33.5. The van der Waals surface area contributed by atoms with Crippen molar-refractivity contribution in [3.8, 4) is 0 Å². The molecule has 5 heterocycles. The molecule has 5 N–H and O–H groups in total. The lowest BCUT2D eigenvalue weighted by Gasteiger charge is -2.74. The monoisotopic (exact) mass is 794 g/mol. The molecular formula is C44H58O13. The summed E-state index contributed by atoms with van der Waals surface area (Å²) in [4.78, 5) is 26.7. The van der Waals surface area contributed by atoms with E-state index in [1.54, 1.807) is 31.2 Å². The Bertz CT molecular complexity index is 1830. The number of aliphatic hydroxyl groups excluding tert-OH is 2. The number of benzene rings is 1. The predicted molar refractivity (Wildman–Crippen MR) is 200 cm³/mol. The Balaban J connectivity index is 1.22. The third-order valence-corrected chi connectivity index (χ3v) is 15.8. The van der Waals surface area contributed by atoms with Crippen LogP contribution in [0.25, 0.3) is 0 Å². The van der Waals surface area contributed by atoms with Gasteiger partial charge in [0.25, 0.3) is 0 Å². The van der Waals surface area contributed by atoms with Crippen molar-refractivity contribution < 1.29 is 63.5 Å². The van der Waals surface area contributed by atoms with Gasteiger partial charge in [0.1, 0.15) is 53.4 Å². The van der Waals surface area contributed by atoms with Gasteiger partial charge in [-0.2, -0.15) is 0 Å². The number of allylic oxidation sites excluding steroid dienone is 2. The Morgan fingerprint density at radius 1 is 0.965 bits per heavy atom. The fourth-order valence-electron chi connectivity index (χ4n) is 13.0. The van der Waals surface area contributed by atoms with E-state index in [2.05, 4.69) is 6.92 Å². The summed E-state index contributed by atoms with van der Waals surface area (Å²) < 4.78 is 39.5. The summed E-state index contributed by atoms with van der Waals surface area (Å²) in [5, 5.41) is 63.3. The van der Waals surface area contributed by atoms with Crippen molar-refractivity contribution in [2.45, 2.75) is 144 Å². The van der Waals surface area contributed by atoms with E-state index < -0.39 is 107 Å². The largest absolute Gasteiger partial charge is 0.458 e. The average molecular weight is 795 g/mol. The smallest absolute Gasteiger partial charge is 0.331 e. The number of esters is 2. The molecule has 4 aliphatic carbocycles. The van der Waals surface area contributed by atoms with Crippen LogP contribution in [0.15, 0.2) is 54.6 Å². The topological polar surface area (TPSA) is 194 Å². The summed E-state index contributed by atoms with van der Waals surface area (Å²) in [6.07, 6.45) is 1.15. The van der Waals surface area contributed by atoms with E-state index in [0.29, 0.717) is 18.4 Å². The van der Waals surface area contributed by atoms with Gasteiger partial charge in [0, 0.05) is 41.7 Å². The summed E-state index contributed by atoms with van der Waals surface area (Å²) >= 11 is 0. The first-order valence-corrected chi connectivity index (χ1v) is 20.9. The molecule has 4 saturated heterocycles. The number of ether oxygens (including phenoxy) is 6. The first kappa shape index (κ1) is 39.7. The van der Waals surface area contributed by atoms with Crippen LogP contribution in [-0.4, -0.2) is 109 Å². The summed E-state index contributed by atoms with van der Waals surface area (Å²) in [5.41, 5.74) is -8.82. The van der Waals surface area contributed by atoms with Crippen molar-refractivity contribution >= 4 is 11.9 Å². The number of carbonyl (C=O) groups is 2. The third kappa shape index (κ3) is 5.26. The second-order valence-corrected chi connectivity index (χ2v) is 19.3. The number of carbonyl (C=O) groups excluding carboxylic acids is 2. The van der Waals surface area contributed by atoms with Gasteiger partial charge in [0.05, 0.1) is 17.8 Å². The number of hydrogen-bond donors (Lipinski definition) is 5. The van der Waals surface area contributed by atoms with Crippen molar-refractivity contribution in [2.24, 2.45) is 47.3 Å². The highest BCUT2D eigenvalue weighted by Gasteiger charge is 2.91. The Labute approximate surface area is 333 Å². The molecule has 312 valence electrons. The molecule has 13 nitrogen and oxygen atoms in total. The van der Waals surface area contributed by atoms with Crippen molar-refractivity contribution in [1.29, 1.82) is 0 Å². The second kappa shape index (κ2) is 13.1. The molecule has 1 aromatic carbocycles. The maximum Gasteiger partial charge on any atom is 0.331 e. The van der Waals surface area contributed by atoms with E-state index in [-0.39, 0.29) is 48.9 Å². The predicted octanol–water partition coefficient (Wildman–Crippen LogP) is 3.04. The molecule has 10 bridgehead atoms. The van der Waals surface area contributed by atoms with E-state index in [9.17, 15) is 35.1 Å². The van der Waals surface area contributed by atoms with Crippen LogP contribution in [0.3, 0.4) is 0 Å². The van der Waals surface area contributed by atoms with Gasteiger partial charge >= 0.3 is 17.9 Å². The minimum atomic E-state index is -2.21. The van der Waals surface area contributed by atoms with E-state index in [1.807, 2.05) is 45.9 Å². The van der Waals surface area contributed by atoms with Crippen LogP contribution in [0, 0.1) is 47.3 Å². The van der Waals surface area contributed by atoms with Crippen molar-refractivity contribution in [3.05, 3.63) is 60.2 Å². The normalized spacial score (nSPS) is 54.4. The highest BCUT2D eigenvalue weighted by atomic mass is 16.9. The Kier molecular flexibility index (Phi) is 9.16. The van der Waals surface area contributed by atoms with Crippen LogP contribution < -0.4 is 0 Å². The van der Waals surface area contributed by atoms with Crippen LogP contribution in [-0.2, 0) is 44.0 Å². The lowest BCUT2D eigenvalue weighted by atomic mass is 9.49. The number of aliphatic hydroxyl groups is 5. The van der Waals surface area contributed by atoms with Gasteiger partial charge in [-0.3, -0.25) is 4.79 Å². The van der Waals surface area contributed by atoms with Crippen LogP contribution >= 0.6 is 0 Å². The molecule has 1 spiro atoms. The first-order valence-electron chi connectivity index (χ1n) is 20.9. The van der Waals surface area contributed by atoms with Gasteiger partial charge in [-0.25, -0.2) is 4.79 Å². The maximum atomic E-state index is 13.7. The maximum absolute atomic E-state index is 13.7. The molecule has 13 heteroatoms. The molecule has 5 aliphatic heterocycles. The van der Waals surface area contributed by atoms with E-state index in [1.165, 1.54) is 12.2 Å². The minimum Gasteiger partial charge on any atom is -0.458 e. The van der Waals surface area contributed by atoms with Crippen molar-refractivity contribution in [2.75, 3.05) is 6.61 Å². The third-order valence-electron chi connectivity index (χ3n) is 15.8. The molecule has 8 fully saturated rings. The number of fused-ring (bicyclic) bond motifs is 3. The van der Waals surface area contributed by atoms with Gasteiger partial charge in [-0.1, -0.05) is 77.1 Å². The van der Waals surface area contributed by atoms with Gasteiger partial charge in [0.2, 0.25) is 0 Å². The summed E-state index contributed by atoms with van der Waals surface area (Å²) in [7, 11) is 0. The fraction of sp³-hybridized carbons (Fsp3) is 0.727. The molecule has 0 amide bonds. The quantitative estimate of drug-likeness (QED) is 0.216. The molecule has 57 heavy (non-hydrogen) atoms. The van der Waals surface area contributed by atoms with Crippen LogP contribution in [0.1, 0.15) is 79.2 Å². The zero-order chi connectivity index (χ0) is 40.7. The summed E-state index contributed by atoms with van der Waals surface area (Å²) in [6.45, 7) is 10.6. The molecule has 0 aromatic heterocycles. The lowest BCUT2D eigenvalue weighted by molar-refractivity contribution is -0.595. The Morgan fingerprint density at radius 2 is 1.68 bits per heavy atom. The SMILES string of the molecule is CC(C)CC(=O)O[C@@H]1/C=C\C=C\C(=O)O[C@H]2[C@@H](C)C[C@@H]3[C@@]2(O)[C@H](O)[C@@]2(CO)O[C@H]2[C@H]2[C@H]4O[C@]5(c6ccccc6)O[C@@H]([C@@H](C)[C@@]23O5)[C@@]4(O)[C@](C)(O)C[C@H]2CC[C@H]1[C@H]2C. The van der Waals surface area contributed by atoms with E-state index in [4.69, 9.17) is 28.4 Å².